The third-order valence-electron chi connectivity index (χ3n) is 2.30. The number of benzene rings is 1. The minimum absolute atomic E-state index is 0.0773. The maximum Gasteiger partial charge on any atom is 0.440 e. The van der Waals surface area contributed by atoms with Crippen LogP contribution in [-0.4, -0.2) is 11.2 Å². The molecule has 1 aromatic heterocycles. The Morgan fingerprint density at radius 3 is 2.82 bits per heavy atom. The Balaban J connectivity index is 2.26. The molecule has 0 aliphatic heterocycles. The van der Waals surface area contributed by atoms with Gasteiger partial charge in [-0.15, -0.1) is 0 Å². The molecule has 0 atom stereocenters. The second kappa shape index (κ2) is 4.25. The first-order valence-electron chi connectivity index (χ1n) is 5.03. The summed E-state index contributed by atoms with van der Waals surface area (Å²) in [4.78, 5) is 23.1. The molecular formula is C11H12N3O3+. The van der Waals surface area contributed by atoms with E-state index in [1.165, 1.54) is 11.7 Å². The number of carbonyl (C=O) groups excluding carboxylic acids is 1. The highest BCUT2D eigenvalue weighted by Gasteiger charge is 2.26. The zero-order valence-electron chi connectivity index (χ0n) is 9.48. The fraction of sp³-hybridized carbons (Fsp3) is 0.182. The Hall–Kier alpha value is -2.37. The van der Waals surface area contributed by atoms with Gasteiger partial charge in [-0.05, 0) is 29.9 Å². The van der Waals surface area contributed by atoms with Crippen molar-refractivity contribution < 1.29 is 14.0 Å². The zero-order chi connectivity index (χ0) is 12.4. The number of anilines is 1. The summed E-state index contributed by atoms with van der Waals surface area (Å²) < 4.78 is 5.73. The number of aromatic amines is 1. The second-order valence-corrected chi connectivity index (χ2v) is 3.71. The average molecular weight is 234 g/mol. The smallest absolute Gasteiger partial charge is 0.316 e. The van der Waals surface area contributed by atoms with Crippen molar-refractivity contribution in [2.24, 2.45) is 7.05 Å². The first-order chi connectivity index (χ1) is 8.08. The van der Waals surface area contributed by atoms with E-state index in [2.05, 4.69) is 15.1 Å². The van der Waals surface area contributed by atoms with Gasteiger partial charge in [0.2, 0.25) is 0 Å². The molecule has 6 heteroatoms. The van der Waals surface area contributed by atoms with Crippen molar-refractivity contribution in [1.29, 1.82) is 0 Å². The lowest BCUT2D eigenvalue weighted by Gasteiger charge is -2.01. The van der Waals surface area contributed by atoms with E-state index in [4.69, 9.17) is 0 Å². The number of H-pyrrole nitrogens is 1. The van der Waals surface area contributed by atoms with Crippen molar-refractivity contribution in [2.75, 3.05) is 5.32 Å². The van der Waals surface area contributed by atoms with Gasteiger partial charge in [0.1, 0.15) is 0 Å². The molecule has 0 radical (unpaired) electrons. The number of hydrogen-bond acceptors (Lipinski definition) is 3. The van der Waals surface area contributed by atoms with E-state index in [0.29, 0.717) is 5.69 Å². The van der Waals surface area contributed by atoms with Gasteiger partial charge in [0, 0.05) is 5.69 Å². The molecule has 0 aliphatic carbocycles. The van der Waals surface area contributed by atoms with Crippen LogP contribution in [0.15, 0.2) is 33.6 Å². The van der Waals surface area contributed by atoms with E-state index in [0.717, 1.165) is 5.56 Å². The first-order valence-corrected chi connectivity index (χ1v) is 5.03. The van der Waals surface area contributed by atoms with Crippen LogP contribution < -0.4 is 15.6 Å². The Labute approximate surface area is 96.8 Å². The summed E-state index contributed by atoms with van der Waals surface area (Å²) in [6, 6.07) is 7.30. The summed E-state index contributed by atoms with van der Waals surface area (Å²) in [5, 5.41) is 4.91. The van der Waals surface area contributed by atoms with E-state index < -0.39 is 11.5 Å². The SMILES string of the molecule is Cc1cccc(NC(=O)c2c(=O)o[nH][n+]2C)c1. The van der Waals surface area contributed by atoms with Crippen LogP contribution >= 0.6 is 0 Å². The molecule has 0 saturated carbocycles. The van der Waals surface area contributed by atoms with Gasteiger partial charge in [-0.25, -0.2) is 4.79 Å². The van der Waals surface area contributed by atoms with Crippen LogP contribution in [0.4, 0.5) is 5.69 Å². The van der Waals surface area contributed by atoms with Gasteiger partial charge < -0.3 is 5.32 Å². The van der Waals surface area contributed by atoms with Crippen molar-refractivity contribution in [3.63, 3.8) is 0 Å². The summed E-state index contributed by atoms with van der Waals surface area (Å²) in [5.74, 6) is -0.506. The molecule has 0 fully saturated rings. The number of amides is 1. The monoisotopic (exact) mass is 234 g/mol. The molecule has 2 aromatic rings. The van der Waals surface area contributed by atoms with Gasteiger partial charge in [0.15, 0.2) is 7.05 Å². The lowest BCUT2D eigenvalue weighted by molar-refractivity contribution is -0.741. The normalized spacial score (nSPS) is 10.2. The predicted molar refractivity (Wildman–Crippen MR) is 59.6 cm³/mol. The third kappa shape index (κ3) is 2.25. The molecule has 6 nitrogen and oxygen atoms in total. The van der Waals surface area contributed by atoms with Gasteiger partial charge in [0.25, 0.3) is 0 Å². The van der Waals surface area contributed by atoms with Gasteiger partial charge in [-0.2, -0.15) is 0 Å². The minimum Gasteiger partial charge on any atom is -0.316 e. The lowest BCUT2D eigenvalue weighted by atomic mass is 10.2. The zero-order valence-corrected chi connectivity index (χ0v) is 9.48. The van der Waals surface area contributed by atoms with Gasteiger partial charge in [-0.1, -0.05) is 16.8 Å². The van der Waals surface area contributed by atoms with Crippen molar-refractivity contribution in [2.45, 2.75) is 6.92 Å². The maximum absolute atomic E-state index is 11.8. The number of carbonyl (C=O) groups is 1. The van der Waals surface area contributed by atoms with Crippen molar-refractivity contribution >= 4 is 11.6 Å². The topological polar surface area (TPSA) is 79.0 Å². The van der Waals surface area contributed by atoms with Crippen LogP contribution in [-0.2, 0) is 7.05 Å². The number of hydrogen-bond donors (Lipinski definition) is 2. The van der Waals surface area contributed by atoms with Crippen molar-refractivity contribution in [1.82, 2.24) is 5.27 Å². The highest BCUT2D eigenvalue weighted by molar-refractivity contribution is 6.01. The van der Waals surface area contributed by atoms with Gasteiger partial charge >= 0.3 is 17.2 Å². The largest absolute Gasteiger partial charge is 0.440 e. The van der Waals surface area contributed by atoms with Crippen LogP contribution in [0, 0.1) is 6.92 Å². The molecule has 17 heavy (non-hydrogen) atoms. The summed E-state index contributed by atoms with van der Waals surface area (Å²) in [5.41, 5.74) is 0.882. The molecule has 0 unspecified atom stereocenters. The Morgan fingerprint density at radius 1 is 1.47 bits per heavy atom. The highest BCUT2D eigenvalue weighted by atomic mass is 16.5. The molecule has 1 amide bonds. The van der Waals surface area contributed by atoms with E-state index in [-0.39, 0.29) is 5.69 Å². The molecule has 88 valence electrons. The fourth-order valence-corrected chi connectivity index (χ4v) is 1.50. The van der Waals surface area contributed by atoms with Crippen LogP contribution in [0.2, 0.25) is 0 Å². The van der Waals surface area contributed by atoms with Crippen LogP contribution in [0.3, 0.4) is 0 Å². The Bertz CT molecular complexity index is 612. The van der Waals surface area contributed by atoms with Crippen LogP contribution in [0.1, 0.15) is 16.1 Å². The maximum atomic E-state index is 11.8. The molecule has 2 N–H and O–H groups in total. The Morgan fingerprint density at radius 2 is 2.24 bits per heavy atom. The molecule has 0 bridgehead atoms. The molecule has 0 spiro atoms. The minimum atomic E-state index is -0.697. The lowest BCUT2D eigenvalue weighted by Crippen LogP contribution is -2.41. The quantitative estimate of drug-likeness (QED) is 0.736. The fourth-order valence-electron chi connectivity index (χ4n) is 1.50. The molecule has 2 rings (SSSR count). The molecule has 0 aliphatic rings. The summed E-state index contributed by atoms with van der Waals surface area (Å²) in [7, 11) is 1.52. The van der Waals surface area contributed by atoms with E-state index in [9.17, 15) is 9.59 Å². The van der Waals surface area contributed by atoms with Gasteiger partial charge in [0.05, 0.1) is 0 Å². The summed E-state index contributed by atoms with van der Waals surface area (Å²) >= 11 is 0. The molecule has 0 saturated heterocycles. The van der Waals surface area contributed by atoms with Crippen molar-refractivity contribution in [3.05, 3.63) is 45.9 Å². The molecule has 1 heterocycles. The van der Waals surface area contributed by atoms with E-state index in [1.54, 1.807) is 6.07 Å². The number of aryl methyl sites for hydroxylation is 2. The summed E-state index contributed by atoms with van der Waals surface area (Å²) in [6.07, 6.45) is 0. The number of nitrogens with zero attached hydrogens (tertiary/aromatic N) is 1. The predicted octanol–water partition coefficient (Wildman–Crippen LogP) is 0.353. The number of rotatable bonds is 2. The third-order valence-corrected chi connectivity index (χ3v) is 2.30. The second-order valence-electron chi connectivity index (χ2n) is 3.71. The summed E-state index contributed by atoms with van der Waals surface area (Å²) in [6.45, 7) is 1.92. The van der Waals surface area contributed by atoms with Crippen molar-refractivity contribution in [3.8, 4) is 0 Å². The molecule has 1 aromatic carbocycles. The standard InChI is InChI=1S/C11H11N3O3/c1-7-4-3-5-8(6-7)12-10(15)9-11(16)17-13-14(9)2/h3-6H,1-2H3,(H-,12,13,15,16)/p+1. The number of aromatic nitrogens is 2. The van der Waals surface area contributed by atoms with E-state index >= 15 is 0 Å². The average Bonchev–Trinajstić information content (AvgIpc) is 2.58. The Kier molecular flexibility index (Phi) is 2.78. The molecular weight excluding hydrogens is 222 g/mol. The van der Waals surface area contributed by atoms with Gasteiger partial charge in [-0.3, -0.25) is 9.32 Å². The highest BCUT2D eigenvalue weighted by Crippen LogP contribution is 2.09. The van der Waals surface area contributed by atoms with Crippen LogP contribution in [0.5, 0.6) is 0 Å². The first kappa shape index (κ1) is 11.1. The van der Waals surface area contributed by atoms with E-state index in [1.807, 2.05) is 25.1 Å². The number of nitrogens with one attached hydrogen (secondary N) is 2. The van der Waals surface area contributed by atoms with Crippen LogP contribution in [0.25, 0.3) is 0 Å².